The molecule has 0 atom stereocenters. The van der Waals surface area contributed by atoms with E-state index < -0.39 is 5.92 Å². The Morgan fingerprint density at radius 3 is 2.39 bits per heavy atom. The van der Waals surface area contributed by atoms with Crippen LogP contribution >= 0.6 is 0 Å². The number of fused-ring (bicyclic) bond motifs is 1. The number of piperazine rings is 1. The van der Waals surface area contributed by atoms with Crippen LogP contribution in [0.25, 0.3) is 22.2 Å². The van der Waals surface area contributed by atoms with E-state index in [4.69, 9.17) is 0 Å². The quantitative estimate of drug-likeness (QED) is 0.680. The predicted octanol–water partition coefficient (Wildman–Crippen LogP) is 4.21. The second-order valence-corrected chi connectivity index (χ2v) is 8.88. The van der Waals surface area contributed by atoms with Crippen molar-refractivity contribution >= 4 is 16.6 Å². The van der Waals surface area contributed by atoms with Crippen LogP contribution in [0.3, 0.4) is 0 Å². The van der Waals surface area contributed by atoms with Crippen LogP contribution in [0.1, 0.15) is 18.5 Å². The Labute approximate surface area is 181 Å². The molecule has 0 aliphatic carbocycles. The molecule has 0 amide bonds. The summed E-state index contributed by atoms with van der Waals surface area (Å²) in [5, 5.41) is 1.08. The van der Waals surface area contributed by atoms with Crippen LogP contribution in [-0.2, 0) is 6.54 Å². The van der Waals surface area contributed by atoms with Crippen molar-refractivity contribution in [2.75, 3.05) is 51.2 Å². The summed E-state index contributed by atoms with van der Waals surface area (Å²) < 4.78 is 26.9. The molecule has 0 spiro atoms. The number of aromatic nitrogens is 2. The first-order valence-corrected chi connectivity index (χ1v) is 11.1. The Morgan fingerprint density at radius 1 is 0.968 bits per heavy atom. The topological polar surface area (TPSA) is 38.4 Å². The molecule has 0 saturated carbocycles. The molecule has 2 saturated heterocycles. The second kappa shape index (κ2) is 8.20. The summed E-state index contributed by atoms with van der Waals surface area (Å²) in [5.41, 5.74) is 5.37. The van der Waals surface area contributed by atoms with Gasteiger partial charge in [0.05, 0.1) is 5.69 Å². The van der Waals surface area contributed by atoms with Gasteiger partial charge in [0.25, 0.3) is 5.92 Å². The third kappa shape index (κ3) is 4.43. The number of rotatable bonds is 4. The number of anilines is 1. The Morgan fingerprint density at radius 2 is 1.68 bits per heavy atom. The number of nitrogens with zero attached hydrogens (tertiary/aromatic N) is 4. The van der Waals surface area contributed by atoms with Crippen molar-refractivity contribution in [1.29, 1.82) is 0 Å². The molecule has 2 aliphatic rings. The molecule has 7 heteroatoms. The first kappa shape index (κ1) is 20.4. The Kier molecular flexibility index (Phi) is 5.40. The van der Waals surface area contributed by atoms with Crippen molar-refractivity contribution < 1.29 is 8.78 Å². The number of pyridine rings is 1. The van der Waals surface area contributed by atoms with E-state index in [9.17, 15) is 8.78 Å². The van der Waals surface area contributed by atoms with E-state index in [2.05, 4.69) is 62.0 Å². The summed E-state index contributed by atoms with van der Waals surface area (Å²) in [6.07, 6.45) is 1.72. The molecule has 1 N–H and O–H groups in total. The highest BCUT2D eigenvalue weighted by molar-refractivity contribution is 5.93. The second-order valence-electron chi connectivity index (χ2n) is 8.88. The molecule has 0 bridgehead atoms. The fraction of sp³-hybridized carbons (Fsp3) is 0.458. The van der Waals surface area contributed by atoms with Crippen molar-refractivity contribution in [3.63, 3.8) is 0 Å². The minimum atomic E-state index is -2.51. The van der Waals surface area contributed by atoms with Crippen molar-refractivity contribution in [2.45, 2.75) is 25.3 Å². The lowest BCUT2D eigenvalue weighted by molar-refractivity contribution is -0.0568. The summed E-state index contributed by atoms with van der Waals surface area (Å²) in [5.74, 6) is -2.51. The number of aromatic amines is 1. The van der Waals surface area contributed by atoms with Crippen LogP contribution in [0.4, 0.5) is 14.5 Å². The normalized spacial score (nSPS) is 20.4. The highest BCUT2D eigenvalue weighted by Gasteiger charge is 2.33. The zero-order chi connectivity index (χ0) is 21.4. The number of likely N-dealkylation sites (tertiary alicyclic amines) is 1. The number of piperidine rings is 1. The largest absolute Gasteiger partial charge is 0.369 e. The maximum Gasteiger partial charge on any atom is 0.250 e. The molecule has 164 valence electrons. The Bertz CT molecular complexity index is 1030. The van der Waals surface area contributed by atoms with Crippen LogP contribution in [0, 0.1) is 0 Å². The number of likely N-dealkylation sites (N-methyl/N-ethyl adjacent to an activating group) is 1. The minimum Gasteiger partial charge on any atom is -0.369 e. The van der Waals surface area contributed by atoms with Gasteiger partial charge in [0.2, 0.25) is 0 Å². The molecule has 5 nitrogen and oxygen atoms in total. The van der Waals surface area contributed by atoms with Gasteiger partial charge in [-0.15, -0.1) is 0 Å². The molecule has 0 radical (unpaired) electrons. The van der Waals surface area contributed by atoms with Gasteiger partial charge in [-0.3, -0.25) is 9.88 Å². The van der Waals surface area contributed by atoms with E-state index >= 15 is 0 Å². The van der Waals surface area contributed by atoms with Gasteiger partial charge < -0.3 is 14.8 Å². The van der Waals surface area contributed by atoms with Crippen LogP contribution in [0.5, 0.6) is 0 Å². The maximum atomic E-state index is 13.4. The lowest BCUT2D eigenvalue weighted by Gasteiger charge is -2.34. The Hall–Kier alpha value is -2.51. The van der Waals surface area contributed by atoms with Crippen molar-refractivity contribution in [1.82, 2.24) is 19.8 Å². The summed E-state index contributed by atoms with van der Waals surface area (Å²) in [4.78, 5) is 15.0. The molecule has 1 aromatic carbocycles. The van der Waals surface area contributed by atoms with E-state index in [0.717, 1.165) is 54.0 Å². The van der Waals surface area contributed by atoms with Gasteiger partial charge in [-0.1, -0.05) is 12.1 Å². The number of hydrogen-bond acceptors (Lipinski definition) is 4. The van der Waals surface area contributed by atoms with Crippen LogP contribution in [0.2, 0.25) is 0 Å². The minimum absolute atomic E-state index is 0.0559. The maximum absolute atomic E-state index is 13.4. The van der Waals surface area contributed by atoms with Gasteiger partial charge in [0.1, 0.15) is 0 Å². The summed E-state index contributed by atoms with van der Waals surface area (Å²) in [7, 11) is 2.17. The molecule has 2 fully saturated rings. The highest BCUT2D eigenvalue weighted by atomic mass is 19.3. The fourth-order valence-electron chi connectivity index (χ4n) is 4.60. The predicted molar refractivity (Wildman–Crippen MR) is 121 cm³/mol. The molecule has 5 rings (SSSR count). The van der Waals surface area contributed by atoms with E-state index in [1.54, 1.807) is 0 Å². The van der Waals surface area contributed by atoms with Gasteiger partial charge in [-0.2, -0.15) is 0 Å². The monoisotopic (exact) mass is 425 g/mol. The molecule has 0 unspecified atom stereocenters. The molecular formula is C24H29F2N5. The SMILES string of the molecule is CN1CCN(c2ccc(-c3nccc4[nH]c(CN5CCC(F)(F)CC5)cc34)cc2)CC1. The van der Waals surface area contributed by atoms with Crippen LogP contribution in [0.15, 0.2) is 42.6 Å². The summed E-state index contributed by atoms with van der Waals surface area (Å²) >= 11 is 0. The number of nitrogens with one attached hydrogen (secondary N) is 1. The van der Waals surface area contributed by atoms with Crippen LogP contribution < -0.4 is 4.90 Å². The lowest BCUT2D eigenvalue weighted by atomic mass is 10.1. The fourth-order valence-corrected chi connectivity index (χ4v) is 4.60. The van der Waals surface area contributed by atoms with Crippen molar-refractivity contribution in [3.8, 4) is 11.3 Å². The Balaban J connectivity index is 1.34. The zero-order valence-electron chi connectivity index (χ0n) is 18.0. The molecule has 3 aromatic rings. The molecule has 2 aliphatic heterocycles. The number of hydrogen-bond donors (Lipinski definition) is 1. The van der Waals surface area contributed by atoms with Gasteiger partial charge >= 0.3 is 0 Å². The first-order chi connectivity index (χ1) is 15.0. The number of H-pyrrole nitrogens is 1. The summed E-state index contributed by atoms with van der Waals surface area (Å²) in [6.45, 7) is 5.79. The molecule has 31 heavy (non-hydrogen) atoms. The molecular weight excluding hydrogens is 396 g/mol. The van der Waals surface area contributed by atoms with E-state index in [1.165, 1.54) is 5.69 Å². The van der Waals surface area contributed by atoms with Crippen molar-refractivity contribution in [2.24, 2.45) is 0 Å². The average Bonchev–Trinajstić information content (AvgIpc) is 3.18. The third-order valence-corrected chi connectivity index (χ3v) is 6.59. The van der Waals surface area contributed by atoms with Crippen molar-refractivity contribution in [3.05, 3.63) is 48.3 Å². The highest BCUT2D eigenvalue weighted by Crippen LogP contribution is 2.31. The van der Waals surface area contributed by atoms with Gasteiger partial charge in [0, 0.05) is 92.7 Å². The number of halogens is 2. The molecule has 4 heterocycles. The van der Waals surface area contributed by atoms with Crippen LogP contribution in [-0.4, -0.2) is 72.0 Å². The van der Waals surface area contributed by atoms with Gasteiger partial charge in [-0.25, -0.2) is 8.78 Å². The lowest BCUT2D eigenvalue weighted by Crippen LogP contribution is -2.44. The third-order valence-electron chi connectivity index (χ3n) is 6.59. The number of alkyl halides is 2. The molecule has 2 aromatic heterocycles. The van der Waals surface area contributed by atoms with E-state index in [1.807, 2.05) is 12.3 Å². The number of benzene rings is 1. The van der Waals surface area contributed by atoms with Gasteiger partial charge in [0.15, 0.2) is 0 Å². The zero-order valence-corrected chi connectivity index (χ0v) is 18.0. The van der Waals surface area contributed by atoms with E-state index in [-0.39, 0.29) is 12.8 Å². The standard InChI is InChI=1S/C24H29F2N5/c1-29-12-14-31(15-13-29)20-4-2-18(3-5-20)23-21-16-19(28-22(21)6-9-27-23)17-30-10-7-24(25,26)8-11-30/h2-6,9,16,28H,7-8,10-15,17H2,1H3. The smallest absolute Gasteiger partial charge is 0.250 e. The average molecular weight is 426 g/mol. The van der Waals surface area contributed by atoms with E-state index in [0.29, 0.717) is 19.6 Å². The summed E-state index contributed by atoms with van der Waals surface area (Å²) in [6, 6.07) is 12.8. The first-order valence-electron chi connectivity index (χ1n) is 11.1. The van der Waals surface area contributed by atoms with Gasteiger partial charge in [-0.05, 0) is 31.3 Å².